The summed E-state index contributed by atoms with van der Waals surface area (Å²) < 4.78 is 4.75. The molecule has 0 saturated heterocycles. The van der Waals surface area contributed by atoms with E-state index < -0.39 is 0 Å². The van der Waals surface area contributed by atoms with Crippen LogP contribution < -0.4 is 0 Å². The van der Waals surface area contributed by atoms with Gasteiger partial charge in [0.2, 0.25) is 0 Å². The van der Waals surface area contributed by atoms with Gasteiger partial charge in [0.15, 0.2) is 0 Å². The van der Waals surface area contributed by atoms with E-state index in [1.807, 2.05) is 6.92 Å². The first-order valence-electron chi connectivity index (χ1n) is 7.62. The van der Waals surface area contributed by atoms with Gasteiger partial charge in [-0.15, -0.1) is 0 Å². The van der Waals surface area contributed by atoms with Crippen LogP contribution in [-0.4, -0.2) is 13.1 Å². The first-order valence-corrected chi connectivity index (χ1v) is 7.62. The number of methoxy groups -OCH3 is 1. The van der Waals surface area contributed by atoms with Crippen LogP contribution in [0.1, 0.15) is 12.5 Å². The molecule has 0 amide bonds. The van der Waals surface area contributed by atoms with Gasteiger partial charge in [-0.2, -0.15) is 0 Å². The number of carbonyl (C=O) groups excluding carboxylic acids is 1. The molecule has 0 fully saturated rings. The third kappa shape index (κ3) is 2.07. The monoisotopic (exact) mass is 300 g/mol. The highest BCUT2D eigenvalue weighted by atomic mass is 16.5. The molecule has 0 unspecified atom stereocenters. The van der Waals surface area contributed by atoms with Gasteiger partial charge in [0.05, 0.1) is 7.11 Å². The normalized spacial score (nSPS) is 12.3. The van der Waals surface area contributed by atoms with E-state index in [1.54, 1.807) is 6.08 Å². The van der Waals surface area contributed by atoms with Crippen molar-refractivity contribution in [2.45, 2.75) is 6.92 Å². The van der Waals surface area contributed by atoms with E-state index in [1.165, 1.54) is 39.4 Å². The van der Waals surface area contributed by atoms with E-state index in [-0.39, 0.29) is 5.97 Å². The van der Waals surface area contributed by atoms with Crippen LogP contribution in [0.5, 0.6) is 0 Å². The van der Waals surface area contributed by atoms with Crippen LogP contribution in [-0.2, 0) is 9.53 Å². The van der Waals surface area contributed by atoms with Gasteiger partial charge in [0.1, 0.15) is 0 Å². The predicted octanol–water partition coefficient (Wildman–Crippen LogP) is 5.16. The molecule has 4 aromatic rings. The maximum atomic E-state index is 11.6. The van der Waals surface area contributed by atoms with E-state index in [4.69, 9.17) is 4.74 Å². The Kier molecular flexibility index (Phi) is 3.05. The Bertz CT molecular complexity index is 1060. The van der Waals surface area contributed by atoms with Crippen LogP contribution >= 0.6 is 0 Å². The second kappa shape index (κ2) is 5.10. The van der Waals surface area contributed by atoms with Gasteiger partial charge in [-0.25, -0.2) is 4.79 Å². The van der Waals surface area contributed by atoms with Crippen molar-refractivity contribution < 1.29 is 9.53 Å². The molecule has 112 valence electrons. The van der Waals surface area contributed by atoms with Gasteiger partial charge in [-0.1, -0.05) is 54.6 Å². The smallest absolute Gasteiger partial charge is 0.330 e. The van der Waals surface area contributed by atoms with Crippen molar-refractivity contribution in [1.29, 1.82) is 0 Å². The van der Waals surface area contributed by atoms with Crippen molar-refractivity contribution in [2.75, 3.05) is 7.11 Å². The Morgan fingerprint density at radius 3 is 2.17 bits per heavy atom. The number of esters is 1. The summed E-state index contributed by atoms with van der Waals surface area (Å²) in [5.41, 5.74) is 1.98. The summed E-state index contributed by atoms with van der Waals surface area (Å²) in [5, 5.41) is 7.43. The van der Waals surface area contributed by atoms with E-state index in [9.17, 15) is 4.79 Å². The zero-order chi connectivity index (χ0) is 16.0. The third-order valence-corrected chi connectivity index (χ3v) is 4.49. The molecule has 0 heterocycles. The van der Waals surface area contributed by atoms with Crippen molar-refractivity contribution in [2.24, 2.45) is 0 Å². The van der Waals surface area contributed by atoms with Crippen LogP contribution in [0, 0.1) is 0 Å². The number of ether oxygens (including phenoxy) is 1. The molecule has 0 N–H and O–H groups in total. The first-order chi connectivity index (χ1) is 11.2. The maximum Gasteiger partial charge on any atom is 0.330 e. The van der Waals surface area contributed by atoms with Crippen LogP contribution in [0.3, 0.4) is 0 Å². The minimum Gasteiger partial charge on any atom is -0.466 e. The summed E-state index contributed by atoms with van der Waals surface area (Å²) >= 11 is 0. The molecule has 0 spiro atoms. The summed E-state index contributed by atoms with van der Waals surface area (Å²) in [5.74, 6) is -0.326. The van der Waals surface area contributed by atoms with Gasteiger partial charge < -0.3 is 4.74 Å². The zero-order valence-corrected chi connectivity index (χ0v) is 13.1. The highest BCUT2D eigenvalue weighted by Crippen LogP contribution is 2.37. The number of allylic oxidation sites excluding steroid dienone is 1. The van der Waals surface area contributed by atoms with E-state index in [0.717, 1.165) is 11.1 Å². The molecule has 4 rings (SSSR count). The Balaban J connectivity index is 2.11. The number of carbonyl (C=O) groups is 1. The first kappa shape index (κ1) is 13.8. The topological polar surface area (TPSA) is 26.3 Å². The highest BCUT2D eigenvalue weighted by molar-refractivity contribution is 6.24. The lowest BCUT2D eigenvalue weighted by atomic mass is 9.90. The van der Waals surface area contributed by atoms with Crippen molar-refractivity contribution in [3.8, 4) is 0 Å². The van der Waals surface area contributed by atoms with Crippen molar-refractivity contribution >= 4 is 43.9 Å². The SMILES string of the molecule is COC(=O)/C=C(\C)c1ccc2ccc3cccc4ccc1c2c34. The molecule has 0 bridgehead atoms. The van der Waals surface area contributed by atoms with Gasteiger partial charge in [0.25, 0.3) is 0 Å². The molecule has 0 aliphatic carbocycles. The maximum absolute atomic E-state index is 11.6. The fourth-order valence-electron chi connectivity index (χ4n) is 3.39. The highest BCUT2D eigenvalue weighted by Gasteiger charge is 2.11. The summed E-state index contributed by atoms with van der Waals surface area (Å²) in [7, 11) is 1.40. The fourth-order valence-corrected chi connectivity index (χ4v) is 3.39. The number of benzene rings is 4. The minimum atomic E-state index is -0.326. The summed E-state index contributed by atoms with van der Waals surface area (Å²) in [6.07, 6.45) is 1.55. The Hall–Kier alpha value is -2.87. The average Bonchev–Trinajstić information content (AvgIpc) is 2.59. The number of hydrogen-bond acceptors (Lipinski definition) is 2. The number of rotatable bonds is 2. The lowest BCUT2D eigenvalue weighted by Crippen LogP contribution is -1.96. The molecule has 2 heteroatoms. The van der Waals surface area contributed by atoms with Crippen LogP contribution in [0.4, 0.5) is 0 Å². The molecular weight excluding hydrogens is 284 g/mol. The molecule has 0 aliphatic heterocycles. The molecular formula is C21H16O2. The average molecular weight is 300 g/mol. The standard InChI is InChI=1S/C21H16O2/c1-13(12-19(22)23-2)17-10-8-16-7-6-14-4-3-5-15-9-11-18(17)21(16)20(14)15/h3-12H,1-2H3/b13-12+. The van der Waals surface area contributed by atoms with Gasteiger partial charge >= 0.3 is 5.97 Å². The Morgan fingerprint density at radius 2 is 1.48 bits per heavy atom. The lowest BCUT2D eigenvalue weighted by Gasteiger charge is -2.14. The Labute approximate surface area is 134 Å². The largest absolute Gasteiger partial charge is 0.466 e. The van der Waals surface area contributed by atoms with Crippen LogP contribution in [0.25, 0.3) is 37.9 Å². The second-order valence-electron chi connectivity index (χ2n) is 5.82. The molecule has 4 aromatic carbocycles. The van der Waals surface area contributed by atoms with E-state index in [2.05, 4.69) is 54.6 Å². The van der Waals surface area contributed by atoms with Gasteiger partial charge in [0, 0.05) is 6.08 Å². The minimum absolute atomic E-state index is 0.326. The van der Waals surface area contributed by atoms with Crippen molar-refractivity contribution in [3.05, 3.63) is 66.2 Å². The van der Waals surface area contributed by atoms with Gasteiger partial charge in [-0.3, -0.25) is 0 Å². The molecule has 0 aliphatic rings. The predicted molar refractivity (Wildman–Crippen MR) is 95.8 cm³/mol. The molecule has 0 saturated carbocycles. The second-order valence-corrected chi connectivity index (χ2v) is 5.82. The van der Waals surface area contributed by atoms with Crippen LogP contribution in [0.2, 0.25) is 0 Å². The van der Waals surface area contributed by atoms with Gasteiger partial charge in [-0.05, 0) is 50.4 Å². The summed E-state index contributed by atoms with van der Waals surface area (Å²) in [6, 6.07) is 19.2. The zero-order valence-electron chi connectivity index (χ0n) is 13.1. The number of hydrogen-bond donors (Lipinski definition) is 0. The van der Waals surface area contributed by atoms with Crippen LogP contribution in [0.15, 0.2) is 60.7 Å². The Morgan fingerprint density at radius 1 is 0.870 bits per heavy atom. The summed E-state index contributed by atoms with van der Waals surface area (Å²) in [6.45, 7) is 1.95. The van der Waals surface area contributed by atoms with Crippen molar-refractivity contribution in [1.82, 2.24) is 0 Å². The summed E-state index contributed by atoms with van der Waals surface area (Å²) in [4.78, 5) is 11.6. The molecule has 0 aromatic heterocycles. The molecule has 0 radical (unpaired) electrons. The van der Waals surface area contributed by atoms with E-state index in [0.29, 0.717) is 0 Å². The molecule has 0 atom stereocenters. The third-order valence-electron chi connectivity index (χ3n) is 4.49. The molecule has 23 heavy (non-hydrogen) atoms. The van der Waals surface area contributed by atoms with Crippen molar-refractivity contribution in [3.63, 3.8) is 0 Å². The quantitative estimate of drug-likeness (QED) is 0.290. The fraction of sp³-hybridized carbons (Fsp3) is 0.0952. The lowest BCUT2D eigenvalue weighted by molar-refractivity contribution is -0.134. The molecule has 2 nitrogen and oxygen atoms in total. The van der Waals surface area contributed by atoms with E-state index >= 15 is 0 Å².